The predicted molar refractivity (Wildman–Crippen MR) is 132 cm³/mol. The molecule has 0 aromatic carbocycles. The highest BCUT2D eigenvalue weighted by atomic mass is 16.4. The smallest absolute Gasteiger partial charge is 0.360 e. The van der Waals surface area contributed by atoms with Crippen molar-refractivity contribution in [2.45, 2.75) is 123 Å². The van der Waals surface area contributed by atoms with Crippen molar-refractivity contribution in [1.82, 2.24) is 0 Å². The number of nitrogens with zero attached hydrogens (tertiary/aromatic N) is 2. The van der Waals surface area contributed by atoms with Crippen molar-refractivity contribution in [2.75, 3.05) is 6.54 Å². The summed E-state index contributed by atoms with van der Waals surface area (Å²) >= 11 is 0. The fraction of sp³-hybridized carbons (Fsp3) is 0.769. The molecule has 0 spiro atoms. The van der Waals surface area contributed by atoms with Crippen LogP contribution in [0.2, 0.25) is 0 Å². The highest BCUT2D eigenvalue weighted by Gasteiger charge is 2.40. The number of unbranched alkanes of at least 4 members (excludes halogenated alkanes) is 14. The van der Waals surface area contributed by atoms with Crippen molar-refractivity contribution in [1.29, 1.82) is 0 Å². The molecule has 5 nitrogen and oxygen atoms in total. The number of aliphatic imine (C=N–C) groups is 1. The van der Waals surface area contributed by atoms with Crippen LogP contribution < -0.4 is 5.73 Å². The van der Waals surface area contributed by atoms with Gasteiger partial charge in [-0.15, -0.1) is 0 Å². The average molecular weight is 435 g/mol. The third-order valence-electron chi connectivity index (χ3n) is 6.42. The molecule has 1 heterocycles. The topological polar surface area (TPSA) is 75.7 Å². The normalized spacial score (nSPS) is 19.3. The molecule has 5 heteroatoms. The van der Waals surface area contributed by atoms with E-state index in [9.17, 15) is 9.90 Å². The Bertz CT molecular complexity index is 569. The number of aliphatic carboxylic acids is 1. The molecule has 0 bridgehead atoms. The number of carbonyl (C=O) groups is 1. The molecule has 3 N–H and O–H groups in total. The highest BCUT2D eigenvalue weighted by Crippen LogP contribution is 2.23. The second-order valence-electron chi connectivity index (χ2n) is 9.12. The van der Waals surface area contributed by atoms with Crippen LogP contribution in [-0.2, 0) is 4.79 Å². The molecular formula is C26H48N3O2+. The number of hydrogen-bond acceptors (Lipinski definition) is 3. The standard InChI is InChI=1S/C26H47N3O2/c1-3-4-5-6-7-8-9-10-11-12-13-14-15-16-17-18-19-20-25-28-21-22-29(25,24(2)27)23-26(30)31/h3-4,21-22,24H,5-20,23,27H2,1-2H3/p+1/b4-3+. The fourth-order valence-corrected chi connectivity index (χ4v) is 4.42. The van der Waals surface area contributed by atoms with Crippen LogP contribution >= 0.6 is 0 Å². The van der Waals surface area contributed by atoms with Crippen LogP contribution in [-0.4, -0.2) is 34.1 Å². The first-order valence-corrected chi connectivity index (χ1v) is 12.7. The summed E-state index contributed by atoms with van der Waals surface area (Å²) in [6.07, 6.45) is 28.4. The molecule has 2 unspecified atom stereocenters. The van der Waals surface area contributed by atoms with Crippen molar-refractivity contribution in [3.8, 4) is 0 Å². The van der Waals surface area contributed by atoms with Crippen molar-refractivity contribution < 1.29 is 14.4 Å². The monoisotopic (exact) mass is 434 g/mol. The molecule has 1 aliphatic heterocycles. The van der Waals surface area contributed by atoms with E-state index in [0.29, 0.717) is 0 Å². The second kappa shape index (κ2) is 17.1. The summed E-state index contributed by atoms with van der Waals surface area (Å²) in [6, 6.07) is 0. The van der Waals surface area contributed by atoms with Crippen LogP contribution in [0.1, 0.15) is 117 Å². The highest BCUT2D eigenvalue weighted by molar-refractivity contribution is 5.81. The maximum absolute atomic E-state index is 11.3. The summed E-state index contributed by atoms with van der Waals surface area (Å²) in [6.45, 7) is 3.94. The number of carboxylic acids is 1. The molecule has 1 aliphatic rings. The number of nitrogens with two attached hydrogens (primary N) is 1. The molecule has 0 radical (unpaired) electrons. The van der Waals surface area contributed by atoms with Gasteiger partial charge in [-0.2, -0.15) is 0 Å². The first-order chi connectivity index (χ1) is 15.0. The van der Waals surface area contributed by atoms with Gasteiger partial charge >= 0.3 is 5.97 Å². The predicted octanol–water partition coefficient (Wildman–Crippen LogP) is 6.89. The first-order valence-electron chi connectivity index (χ1n) is 12.7. The lowest BCUT2D eigenvalue weighted by Crippen LogP contribution is -2.59. The SMILES string of the molecule is C/C=C/CCCCCCCCCCCCCCCCC1=NC=C[N+]1(CC(=O)O)C(C)N. The van der Waals surface area contributed by atoms with Crippen LogP contribution in [0.3, 0.4) is 0 Å². The summed E-state index contributed by atoms with van der Waals surface area (Å²) in [4.78, 5) is 15.7. The Hall–Kier alpha value is -1.46. The van der Waals surface area contributed by atoms with Gasteiger partial charge in [0.2, 0.25) is 5.84 Å². The van der Waals surface area contributed by atoms with Crippen LogP contribution in [0.25, 0.3) is 0 Å². The minimum Gasteiger partial charge on any atom is -0.477 e. The van der Waals surface area contributed by atoms with Gasteiger partial charge in [0, 0.05) is 13.3 Å². The fourth-order valence-electron chi connectivity index (χ4n) is 4.42. The first kappa shape index (κ1) is 27.6. The minimum absolute atomic E-state index is 0.0243. The summed E-state index contributed by atoms with van der Waals surface area (Å²) in [5.41, 5.74) is 6.11. The Labute approximate surface area is 191 Å². The molecule has 0 fully saturated rings. The van der Waals surface area contributed by atoms with Gasteiger partial charge in [0.05, 0.1) is 6.20 Å². The average Bonchev–Trinajstić information content (AvgIpc) is 3.13. The maximum atomic E-state index is 11.3. The maximum Gasteiger partial charge on any atom is 0.360 e. The van der Waals surface area contributed by atoms with Crippen LogP contribution in [0.15, 0.2) is 29.5 Å². The molecule has 0 saturated heterocycles. The third kappa shape index (κ3) is 11.6. The van der Waals surface area contributed by atoms with E-state index in [2.05, 4.69) is 24.1 Å². The molecule has 0 amide bonds. The van der Waals surface area contributed by atoms with E-state index in [1.807, 2.05) is 13.1 Å². The van der Waals surface area contributed by atoms with Crippen molar-refractivity contribution in [3.05, 3.63) is 24.6 Å². The molecule has 0 saturated carbocycles. The summed E-state index contributed by atoms with van der Waals surface area (Å²) in [5.74, 6) is 0.0619. The summed E-state index contributed by atoms with van der Waals surface area (Å²) in [7, 11) is 0. The van der Waals surface area contributed by atoms with E-state index in [1.165, 1.54) is 89.9 Å². The van der Waals surface area contributed by atoms with E-state index in [-0.39, 0.29) is 17.2 Å². The molecule has 178 valence electrons. The van der Waals surface area contributed by atoms with E-state index >= 15 is 0 Å². The lowest BCUT2D eigenvalue weighted by molar-refractivity contribution is -0.805. The Morgan fingerprint density at radius 3 is 1.90 bits per heavy atom. The van der Waals surface area contributed by atoms with E-state index in [0.717, 1.165) is 18.7 Å². The Morgan fingerprint density at radius 2 is 1.45 bits per heavy atom. The van der Waals surface area contributed by atoms with Crippen LogP contribution in [0, 0.1) is 0 Å². The van der Waals surface area contributed by atoms with Crippen LogP contribution in [0.4, 0.5) is 0 Å². The number of quaternary nitrogens is 1. The lowest BCUT2D eigenvalue weighted by Gasteiger charge is -2.34. The Balaban J connectivity index is 1.95. The molecule has 1 rings (SSSR count). The van der Waals surface area contributed by atoms with Crippen molar-refractivity contribution in [3.63, 3.8) is 0 Å². The van der Waals surface area contributed by atoms with Gasteiger partial charge in [0.25, 0.3) is 0 Å². The van der Waals surface area contributed by atoms with E-state index in [4.69, 9.17) is 5.73 Å². The zero-order chi connectivity index (χ0) is 22.8. The lowest BCUT2D eigenvalue weighted by atomic mass is 10.0. The molecular weight excluding hydrogens is 386 g/mol. The summed E-state index contributed by atoms with van der Waals surface area (Å²) in [5, 5.41) is 9.26. The van der Waals surface area contributed by atoms with Gasteiger partial charge in [0.15, 0.2) is 6.54 Å². The van der Waals surface area contributed by atoms with E-state index in [1.54, 1.807) is 6.20 Å². The minimum atomic E-state index is -0.836. The molecule has 0 aliphatic carbocycles. The number of carboxylic acid groups (broad SMARTS) is 1. The number of allylic oxidation sites excluding steroid dienone is 2. The molecule has 2 atom stereocenters. The van der Waals surface area contributed by atoms with Gasteiger partial charge in [-0.05, 0) is 26.2 Å². The number of rotatable bonds is 20. The van der Waals surface area contributed by atoms with Gasteiger partial charge in [0.1, 0.15) is 12.4 Å². The number of hydrogen-bond donors (Lipinski definition) is 2. The van der Waals surface area contributed by atoms with Crippen molar-refractivity contribution >= 4 is 11.8 Å². The van der Waals surface area contributed by atoms with E-state index < -0.39 is 5.97 Å². The molecule has 0 aromatic heterocycles. The van der Waals surface area contributed by atoms with Gasteiger partial charge < -0.3 is 5.11 Å². The Kier molecular flexibility index (Phi) is 15.2. The van der Waals surface area contributed by atoms with Gasteiger partial charge in [-0.3, -0.25) is 5.73 Å². The summed E-state index contributed by atoms with van der Waals surface area (Å²) < 4.78 is 0.172. The molecule has 31 heavy (non-hydrogen) atoms. The largest absolute Gasteiger partial charge is 0.477 e. The zero-order valence-electron chi connectivity index (χ0n) is 20.2. The van der Waals surface area contributed by atoms with Crippen molar-refractivity contribution in [2.24, 2.45) is 10.7 Å². The zero-order valence-corrected chi connectivity index (χ0v) is 20.2. The second-order valence-corrected chi connectivity index (χ2v) is 9.12. The van der Waals surface area contributed by atoms with Crippen LogP contribution in [0.5, 0.6) is 0 Å². The van der Waals surface area contributed by atoms with Gasteiger partial charge in [-0.25, -0.2) is 14.3 Å². The number of amidine groups is 1. The molecule has 0 aromatic rings. The Morgan fingerprint density at radius 1 is 0.968 bits per heavy atom. The third-order valence-corrected chi connectivity index (χ3v) is 6.42. The van der Waals surface area contributed by atoms with Gasteiger partial charge in [-0.1, -0.05) is 89.2 Å². The quantitative estimate of drug-likeness (QED) is 0.124.